The minimum absolute atomic E-state index is 0.282. The highest BCUT2D eigenvalue weighted by atomic mass is 32.2. The Hall–Kier alpha value is -1.14. The monoisotopic (exact) mass is 297 g/mol. The van der Waals surface area contributed by atoms with E-state index in [0.29, 0.717) is 18.3 Å². The van der Waals surface area contributed by atoms with Crippen molar-refractivity contribution in [3.63, 3.8) is 0 Å². The molecule has 1 aliphatic rings. The van der Waals surface area contributed by atoms with E-state index in [4.69, 9.17) is 0 Å². The van der Waals surface area contributed by atoms with Gasteiger partial charge < -0.3 is 5.32 Å². The highest BCUT2D eigenvalue weighted by Crippen LogP contribution is 2.24. The van der Waals surface area contributed by atoms with E-state index < -0.39 is 10.0 Å². The van der Waals surface area contributed by atoms with Crippen molar-refractivity contribution in [3.05, 3.63) is 18.3 Å². The summed E-state index contributed by atoms with van der Waals surface area (Å²) in [6.45, 7) is 3.38. The largest absolute Gasteiger partial charge is 0.370 e. The molecule has 0 aliphatic heterocycles. The van der Waals surface area contributed by atoms with E-state index in [9.17, 15) is 8.42 Å². The molecule has 2 rings (SSSR count). The quantitative estimate of drug-likeness (QED) is 0.810. The lowest BCUT2D eigenvalue weighted by atomic mass is 10.1. The normalized spacial score (nSPS) is 16.4. The lowest BCUT2D eigenvalue weighted by Gasteiger charge is -2.12. The van der Waals surface area contributed by atoms with E-state index in [1.54, 1.807) is 6.07 Å². The van der Waals surface area contributed by atoms with Gasteiger partial charge in [-0.25, -0.2) is 18.1 Å². The SMILES string of the molecule is CCCNc1cc(S(=O)(=O)NCC2CCCC2)ccn1. The second-order valence-electron chi connectivity index (χ2n) is 5.31. The molecule has 1 saturated carbocycles. The highest BCUT2D eigenvalue weighted by molar-refractivity contribution is 7.89. The molecule has 20 heavy (non-hydrogen) atoms. The molecule has 2 N–H and O–H groups in total. The summed E-state index contributed by atoms with van der Waals surface area (Å²) in [6.07, 6.45) is 7.19. The molecular formula is C14H23N3O2S. The topological polar surface area (TPSA) is 71.1 Å². The van der Waals surface area contributed by atoms with Gasteiger partial charge in [0.05, 0.1) is 4.90 Å². The van der Waals surface area contributed by atoms with Crippen LogP contribution in [0.3, 0.4) is 0 Å². The maximum Gasteiger partial charge on any atom is 0.240 e. The summed E-state index contributed by atoms with van der Waals surface area (Å²) in [5.74, 6) is 1.10. The van der Waals surface area contributed by atoms with Crippen molar-refractivity contribution in [3.8, 4) is 0 Å². The van der Waals surface area contributed by atoms with Gasteiger partial charge in [-0.3, -0.25) is 0 Å². The minimum atomic E-state index is -3.43. The Balaban J connectivity index is 2.00. The maximum atomic E-state index is 12.2. The first-order valence-electron chi connectivity index (χ1n) is 7.31. The molecule has 0 bridgehead atoms. The van der Waals surface area contributed by atoms with Crippen LogP contribution in [0, 0.1) is 5.92 Å². The number of aromatic nitrogens is 1. The Morgan fingerprint density at radius 2 is 2.10 bits per heavy atom. The fraction of sp³-hybridized carbons (Fsp3) is 0.643. The number of hydrogen-bond acceptors (Lipinski definition) is 4. The third-order valence-electron chi connectivity index (χ3n) is 3.63. The first-order valence-corrected chi connectivity index (χ1v) is 8.79. The van der Waals surface area contributed by atoms with Gasteiger partial charge in [-0.05, 0) is 31.2 Å². The van der Waals surface area contributed by atoms with Gasteiger partial charge in [0.15, 0.2) is 0 Å². The average Bonchev–Trinajstić information content (AvgIpc) is 2.97. The molecule has 0 aromatic carbocycles. The third-order valence-corrected chi connectivity index (χ3v) is 5.06. The molecule has 0 amide bonds. The first-order chi connectivity index (χ1) is 9.62. The predicted octanol–water partition coefficient (Wildman–Crippen LogP) is 2.37. The number of sulfonamides is 1. The Bertz CT molecular complexity index is 525. The van der Waals surface area contributed by atoms with Gasteiger partial charge in [-0.1, -0.05) is 19.8 Å². The number of pyridine rings is 1. The summed E-state index contributed by atoms with van der Waals surface area (Å²) in [4.78, 5) is 4.41. The van der Waals surface area contributed by atoms with Crippen LogP contribution in [-0.2, 0) is 10.0 Å². The van der Waals surface area contributed by atoms with Crippen LogP contribution in [0.2, 0.25) is 0 Å². The van der Waals surface area contributed by atoms with E-state index in [0.717, 1.165) is 25.8 Å². The van der Waals surface area contributed by atoms with Crippen molar-refractivity contribution in [2.24, 2.45) is 5.92 Å². The molecule has 6 heteroatoms. The predicted molar refractivity (Wildman–Crippen MR) is 80.2 cm³/mol. The molecule has 1 aromatic heterocycles. The van der Waals surface area contributed by atoms with E-state index in [1.807, 2.05) is 0 Å². The summed E-state index contributed by atoms with van der Waals surface area (Å²) < 4.78 is 27.2. The van der Waals surface area contributed by atoms with Crippen LogP contribution in [0.5, 0.6) is 0 Å². The molecule has 1 heterocycles. The van der Waals surface area contributed by atoms with Gasteiger partial charge in [-0.2, -0.15) is 0 Å². The zero-order valence-corrected chi connectivity index (χ0v) is 12.7. The third kappa shape index (κ3) is 4.18. The van der Waals surface area contributed by atoms with E-state index in [2.05, 4.69) is 21.9 Å². The van der Waals surface area contributed by atoms with Crippen LogP contribution in [0.15, 0.2) is 23.2 Å². The lowest BCUT2D eigenvalue weighted by Crippen LogP contribution is -2.28. The Morgan fingerprint density at radius 1 is 1.35 bits per heavy atom. The molecule has 0 spiro atoms. The van der Waals surface area contributed by atoms with Crippen molar-refractivity contribution in [1.82, 2.24) is 9.71 Å². The average molecular weight is 297 g/mol. The zero-order valence-electron chi connectivity index (χ0n) is 11.9. The second-order valence-corrected chi connectivity index (χ2v) is 7.07. The number of nitrogens with zero attached hydrogens (tertiary/aromatic N) is 1. The summed E-state index contributed by atoms with van der Waals surface area (Å²) >= 11 is 0. The molecule has 5 nitrogen and oxygen atoms in total. The fourth-order valence-corrected chi connectivity index (χ4v) is 3.58. The van der Waals surface area contributed by atoms with E-state index in [1.165, 1.54) is 25.1 Å². The molecule has 0 unspecified atom stereocenters. The highest BCUT2D eigenvalue weighted by Gasteiger charge is 2.20. The smallest absolute Gasteiger partial charge is 0.240 e. The molecular weight excluding hydrogens is 274 g/mol. The van der Waals surface area contributed by atoms with Crippen molar-refractivity contribution < 1.29 is 8.42 Å². The lowest BCUT2D eigenvalue weighted by molar-refractivity contribution is 0.519. The summed E-state index contributed by atoms with van der Waals surface area (Å²) in [5, 5.41) is 3.10. The summed E-state index contributed by atoms with van der Waals surface area (Å²) in [7, 11) is -3.43. The zero-order chi connectivity index (χ0) is 14.4. The van der Waals surface area contributed by atoms with Gasteiger partial charge in [0.2, 0.25) is 10.0 Å². The fourth-order valence-electron chi connectivity index (χ4n) is 2.45. The first kappa shape index (κ1) is 15.3. The van der Waals surface area contributed by atoms with Gasteiger partial charge in [-0.15, -0.1) is 0 Å². The van der Waals surface area contributed by atoms with Gasteiger partial charge >= 0.3 is 0 Å². The number of anilines is 1. The number of nitrogens with one attached hydrogen (secondary N) is 2. The molecule has 112 valence electrons. The molecule has 0 radical (unpaired) electrons. The maximum absolute atomic E-state index is 12.2. The van der Waals surface area contributed by atoms with Gasteiger partial charge in [0.1, 0.15) is 5.82 Å². The Morgan fingerprint density at radius 3 is 2.80 bits per heavy atom. The van der Waals surface area contributed by atoms with Crippen molar-refractivity contribution >= 4 is 15.8 Å². The van der Waals surface area contributed by atoms with E-state index in [-0.39, 0.29) is 4.90 Å². The molecule has 1 aliphatic carbocycles. The number of rotatable bonds is 7. The van der Waals surface area contributed by atoms with Crippen LogP contribution in [0.4, 0.5) is 5.82 Å². The Kier molecular flexibility index (Phi) is 5.37. The standard InChI is InChI=1S/C14H23N3O2S/c1-2-8-15-14-10-13(7-9-16-14)20(18,19)17-11-12-5-3-4-6-12/h7,9-10,12,17H,2-6,8,11H2,1H3,(H,15,16). The van der Waals surface area contributed by atoms with E-state index >= 15 is 0 Å². The summed E-state index contributed by atoms with van der Waals surface area (Å²) in [5.41, 5.74) is 0. The summed E-state index contributed by atoms with van der Waals surface area (Å²) in [6, 6.07) is 3.13. The van der Waals surface area contributed by atoms with Crippen LogP contribution >= 0.6 is 0 Å². The number of hydrogen-bond donors (Lipinski definition) is 2. The van der Waals surface area contributed by atoms with Crippen molar-refractivity contribution in [1.29, 1.82) is 0 Å². The molecule has 1 fully saturated rings. The Labute approximate surface area is 121 Å². The van der Waals surface area contributed by atoms with Crippen LogP contribution in [0.25, 0.3) is 0 Å². The van der Waals surface area contributed by atoms with Crippen molar-refractivity contribution in [2.75, 3.05) is 18.4 Å². The van der Waals surface area contributed by atoms with Crippen LogP contribution in [-0.4, -0.2) is 26.5 Å². The van der Waals surface area contributed by atoms with Gasteiger partial charge in [0.25, 0.3) is 0 Å². The molecule has 0 atom stereocenters. The van der Waals surface area contributed by atoms with Gasteiger partial charge in [0, 0.05) is 25.4 Å². The van der Waals surface area contributed by atoms with Crippen LogP contribution < -0.4 is 10.0 Å². The van der Waals surface area contributed by atoms with Crippen LogP contribution in [0.1, 0.15) is 39.0 Å². The minimum Gasteiger partial charge on any atom is -0.370 e. The van der Waals surface area contributed by atoms with Crippen molar-refractivity contribution in [2.45, 2.75) is 43.9 Å². The molecule has 1 aromatic rings. The molecule has 0 saturated heterocycles. The second kappa shape index (κ2) is 7.04.